The van der Waals surface area contributed by atoms with Crippen LogP contribution in [0.5, 0.6) is 0 Å². The van der Waals surface area contributed by atoms with Crippen LogP contribution < -0.4 is 0 Å². The molecule has 1 atom stereocenters. The zero-order valence-electron chi connectivity index (χ0n) is 15.3. The normalized spacial score (nSPS) is 18.7. The number of nitrogens with zero attached hydrogens (tertiary/aromatic N) is 2. The van der Waals surface area contributed by atoms with Crippen LogP contribution in [-0.2, 0) is 22.5 Å². The van der Waals surface area contributed by atoms with Gasteiger partial charge in [0.05, 0.1) is 22.1 Å². The minimum Gasteiger partial charge on any atom is -0.467 e. The second kappa shape index (κ2) is 8.87. The second-order valence-corrected chi connectivity index (χ2v) is 8.94. The van der Waals surface area contributed by atoms with E-state index in [9.17, 15) is 14.9 Å². The van der Waals surface area contributed by atoms with Crippen molar-refractivity contribution in [2.24, 2.45) is 0 Å². The van der Waals surface area contributed by atoms with Crippen LogP contribution in [0.4, 0.5) is 5.69 Å². The van der Waals surface area contributed by atoms with Crippen molar-refractivity contribution in [3.63, 3.8) is 0 Å². The Morgan fingerprint density at radius 3 is 2.48 bits per heavy atom. The zero-order chi connectivity index (χ0) is 21.2. The number of ether oxygens (including phenoxy) is 1. The van der Waals surface area contributed by atoms with E-state index in [1.54, 1.807) is 24.3 Å². The first kappa shape index (κ1) is 21.8. The monoisotopic (exact) mass is 470 g/mol. The molecule has 1 saturated heterocycles. The number of carbonyl (C=O) groups excluding carboxylic acids is 1. The zero-order valence-corrected chi connectivity index (χ0v) is 18.4. The Bertz CT molecular complexity index is 971. The topological polar surface area (TPSA) is 72.7 Å². The molecule has 6 nitrogen and oxygen atoms in total. The largest absolute Gasteiger partial charge is 0.467 e. The summed E-state index contributed by atoms with van der Waals surface area (Å²) in [4.78, 5) is 25.2. The molecule has 0 spiro atoms. The number of esters is 1. The van der Waals surface area contributed by atoms with E-state index < -0.39 is 16.4 Å². The highest BCUT2D eigenvalue weighted by Crippen LogP contribution is 2.39. The molecule has 0 aliphatic carbocycles. The number of nitro benzene ring substituents is 1. The fraction of sp³-hybridized carbons (Fsp3) is 0.263. The Kier molecular flexibility index (Phi) is 6.68. The van der Waals surface area contributed by atoms with E-state index in [0.29, 0.717) is 33.1 Å². The van der Waals surface area contributed by atoms with E-state index >= 15 is 0 Å². The Hall–Kier alpha value is -1.87. The molecule has 0 bridgehead atoms. The third-order valence-corrected chi connectivity index (χ3v) is 7.11. The summed E-state index contributed by atoms with van der Waals surface area (Å²) in [6.07, 6.45) is 0.298. The number of methoxy groups -OCH3 is 1. The van der Waals surface area contributed by atoms with Gasteiger partial charge in [0.25, 0.3) is 5.69 Å². The number of rotatable bonds is 6. The highest BCUT2D eigenvalue weighted by molar-refractivity contribution is 8.23. The number of hydrogen-bond acceptors (Lipinski definition) is 6. The standard InChI is InChI=1S/C19H16Cl2N2O4S2/c1-27-17(24)19(9-12-2-5-14(6-3-12)23(25)26)11-29-18(28)22(19)10-13-4-7-15(20)16(21)8-13/h2-8H,9-11H2,1H3. The average molecular weight is 471 g/mol. The molecule has 1 aliphatic heterocycles. The Morgan fingerprint density at radius 2 is 1.90 bits per heavy atom. The van der Waals surface area contributed by atoms with Gasteiger partial charge in [-0.2, -0.15) is 0 Å². The summed E-state index contributed by atoms with van der Waals surface area (Å²) in [6.45, 7) is 0.352. The molecule has 2 aromatic rings. The van der Waals surface area contributed by atoms with E-state index in [1.807, 2.05) is 11.0 Å². The molecule has 0 N–H and O–H groups in total. The summed E-state index contributed by atoms with van der Waals surface area (Å²) in [7, 11) is 1.34. The van der Waals surface area contributed by atoms with Crippen LogP contribution in [-0.4, -0.2) is 38.5 Å². The second-order valence-electron chi connectivity index (χ2n) is 6.51. The van der Waals surface area contributed by atoms with Gasteiger partial charge >= 0.3 is 5.97 Å². The van der Waals surface area contributed by atoms with Crippen LogP contribution in [0, 0.1) is 10.1 Å². The molecule has 1 unspecified atom stereocenters. The molecule has 152 valence electrons. The van der Waals surface area contributed by atoms with Gasteiger partial charge in [-0.1, -0.05) is 65.4 Å². The summed E-state index contributed by atoms with van der Waals surface area (Å²) in [6, 6.07) is 11.4. The van der Waals surface area contributed by atoms with Crippen molar-refractivity contribution in [1.29, 1.82) is 0 Å². The van der Waals surface area contributed by atoms with E-state index in [-0.39, 0.29) is 5.69 Å². The number of thioether (sulfide) groups is 1. The van der Waals surface area contributed by atoms with Gasteiger partial charge in [-0.15, -0.1) is 0 Å². The van der Waals surface area contributed by atoms with Crippen LogP contribution in [0.25, 0.3) is 0 Å². The Morgan fingerprint density at radius 1 is 1.24 bits per heavy atom. The molecule has 0 saturated carbocycles. The SMILES string of the molecule is COC(=O)C1(Cc2ccc([N+](=O)[O-])cc2)CSC(=S)N1Cc1ccc(Cl)c(Cl)c1. The lowest BCUT2D eigenvalue weighted by molar-refractivity contribution is -0.384. The molecule has 3 rings (SSSR count). The Balaban J connectivity index is 1.95. The van der Waals surface area contributed by atoms with Crippen molar-refractivity contribution in [3.8, 4) is 0 Å². The van der Waals surface area contributed by atoms with E-state index in [2.05, 4.69) is 0 Å². The van der Waals surface area contributed by atoms with Crippen molar-refractivity contribution in [2.75, 3.05) is 12.9 Å². The van der Waals surface area contributed by atoms with Crippen molar-refractivity contribution >= 4 is 63.2 Å². The van der Waals surface area contributed by atoms with Crippen LogP contribution in [0.1, 0.15) is 11.1 Å². The third-order valence-electron chi connectivity index (χ3n) is 4.71. The molecule has 1 fully saturated rings. The first-order valence-corrected chi connectivity index (χ1v) is 10.6. The van der Waals surface area contributed by atoms with Gasteiger partial charge in [0.1, 0.15) is 4.32 Å². The highest BCUT2D eigenvalue weighted by atomic mass is 35.5. The van der Waals surface area contributed by atoms with Gasteiger partial charge in [-0.05, 0) is 23.3 Å². The van der Waals surface area contributed by atoms with Gasteiger partial charge in [-0.3, -0.25) is 10.1 Å². The third kappa shape index (κ3) is 4.50. The van der Waals surface area contributed by atoms with Gasteiger partial charge < -0.3 is 9.64 Å². The van der Waals surface area contributed by atoms with E-state index in [4.69, 9.17) is 40.2 Å². The number of halogens is 2. The molecule has 1 aliphatic rings. The van der Waals surface area contributed by atoms with Gasteiger partial charge in [0.15, 0.2) is 5.54 Å². The molecule has 29 heavy (non-hydrogen) atoms. The maximum atomic E-state index is 12.9. The summed E-state index contributed by atoms with van der Waals surface area (Å²) in [5, 5.41) is 11.8. The lowest BCUT2D eigenvalue weighted by Gasteiger charge is -2.36. The molecule has 10 heteroatoms. The fourth-order valence-corrected chi connectivity index (χ4v) is 5.07. The summed E-state index contributed by atoms with van der Waals surface area (Å²) in [5.41, 5.74) is 0.579. The molecule has 0 aromatic heterocycles. The summed E-state index contributed by atoms with van der Waals surface area (Å²) >= 11 is 19.0. The molecule has 0 amide bonds. The summed E-state index contributed by atoms with van der Waals surface area (Å²) < 4.78 is 5.69. The number of thiocarbonyl (C=S) groups is 1. The van der Waals surface area contributed by atoms with E-state index in [0.717, 1.165) is 11.1 Å². The van der Waals surface area contributed by atoms with Crippen molar-refractivity contribution in [3.05, 3.63) is 73.8 Å². The maximum absolute atomic E-state index is 12.9. The van der Waals surface area contributed by atoms with Crippen molar-refractivity contribution in [1.82, 2.24) is 4.90 Å². The maximum Gasteiger partial charge on any atom is 0.332 e. The average Bonchev–Trinajstić information content (AvgIpc) is 3.01. The van der Waals surface area contributed by atoms with Crippen LogP contribution in [0.3, 0.4) is 0 Å². The number of hydrogen-bond donors (Lipinski definition) is 0. The smallest absolute Gasteiger partial charge is 0.332 e. The number of carbonyl (C=O) groups is 1. The number of benzene rings is 2. The van der Waals surface area contributed by atoms with Crippen LogP contribution in [0.15, 0.2) is 42.5 Å². The predicted molar refractivity (Wildman–Crippen MR) is 119 cm³/mol. The van der Waals surface area contributed by atoms with Gasteiger partial charge in [-0.25, -0.2) is 4.79 Å². The van der Waals surface area contributed by atoms with Crippen molar-refractivity contribution in [2.45, 2.75) is 18.5 Å². The van der Waals surface area contributed by atoms with E-state index in [1.165, 1.54) is 31.0 Å². The van der Waals surface area contributed by atoms with Crippen LogP contribution in [0.2, 0.25) is 10.0 Å². The van der Waals surface area contributed by atoms with Crippen LogP contribution >= 0.6 is 47.2 Å². The first-order valence-electron chi connectivity index (χ1n) is 8.47. The first-order chi connectivity index (χ1) is 13.8. The fourth-order valence-electron chi connectivity index (χ4n) is 3.20. The quantitative estimate of drug-likeness (QED) is 0.257. The molecule has 1 heterocycles. The molecule has 0 radical (unpaired) electrons. The minimum atomic E-state index is -1.03. The lowest BCUT2D eigenvalue weighted by Crippen LogP contribution is -2.55. The highest BCUT2D eigenvalue weighted by Gasteiger charge is 2.51. The predicted octanol–water partition coefficient (Wildman–Crippen LogP) is 4.89. The number of nitro groups is 1. The minimum absolute atomic E-state index is 0.00940. The molecular formula is C19H16Cl2N2O4S2. The number of non-ortho nitro benzene ring substituents is 1. The lowest BCUT2D eigenvalue weighted by atomic mass is 9.90. The Labute approximate surface area is 187 Å². The summed E-state index contributed by atoms with van der Waals surface area (Å²) in [5.74, 6) is -0.000137. The van der Waals surface area contributed by atoms with Crippen molar-refractivity contribution < 1.29 is 14.5 Å². The molecule has 2 aromatic carbocycles. The van der Waals surface area contributed by atoms with Gasteiger partial charge in [0.2, 0.25) is 0 Å². The molecular weight excluding hydrogens is 455 g/mol. The van der Waals surface area contributed by atoms with Gasteiger partial charge in [0, 0.05) is 30.9 Å².